The Morgan fingerprint density at radius 2 is 2.35 bits per heavy atom. The van der Waals surface area contributed by atoms with E-state index >= 15 is 0 Å². The number of rotatable bonds is 3. The van der Waals surface area contributed by atoms with Crippen LogP contribution in [0.25, 0.3) is 11.0 Å². The zero-order chi connectivity index (χ0) is 11.5. The lowest BCUT2D eigenvalue weighted by Crippen LogP contribution is -2.19. The molecule has 5 heteroatoms. The first kappa shape index (κ1) is 10.4. The summed E-state index contributed by atoms with van der Waals surface area (Å²) in [6, 6.07) is 3.86. The van der Waals surface area contributed by atoms with E-state index in [4.69, 9.17) is 4.74 Å². The first-order valence-corrected chi connectivity index (χ1v) is 5.85. The summed E-state index contributed by atoms with van der Waals surface area (Å²) < 4.78 is 5.57. The Labute approximate surface area is 99.3 Å². The molecule has 0 aliphatic carbocycles. The molecule has 2 aromatic heterocycles. The molecule has 0 amide bonds. The summed E-state index contributed by atoms with van der Waals surface area (Å²) in [7, 11) is 0. The average molecular weight is 230 g/mol. The van der Waals surface area contributed by atoms with Gasteiger partial charge in [-0.2, -0.15) is 0 Å². The van der Waals surface area contributed by atoms with Crippen molar-refractivity contribution in [3.8, 4) is 0 Å². The molecule has 1 fully saturated rings. The molecule has 1 aliphatic rings. The molecule has 1 aliphatic heterocycles. The van der Waals surface area contributed by atoms with Crippen molar-refractivity contribution in [3.63, 3.8) is 0 Å². The fourth-order valence-electron chi connectivity index (χ4n) is 2.05. The Morgan fingerprint density at radius 3 is 3.24 bits per heavy atom. The van der Waals surface area contributed by atoms with Gasteiger partial charge >= 0.3 is 0 Å². The zero-order valence-corrected chi connectivity index (χ0v) is 9.47. The Balaban J connectivity index is 1.79. The van der Waals surface area contributed by atoms with Crippen LogP contribution < -0.4 is 5.32 Å². The third-order valence-corrected chi connectivity index (χ3v) is 2.93. The minimum absolute atomic E-state index is 0.302. The van der Waals surface area contributed by atoms with Crippen LogP contribution in [-0.4, -0.2) is 34.2 Å². The van der Waals surface area contributed by atoms with E-state index in [0.717, 1.165) is 42.8 Å². The van der Waals surface area contributed by atoms with Crippen LogP contribution in [0.1, 0.15) is 12.8 Å². The number of nitrogens with zero attached hydrogens (tertiary/aromatic N) is 3. The van der Waals surface area contributed by atoms with E-state index in [1.165, 1.54) is 6.33 Å². The number of aromatic nitrogens is 3. The van der Waals surface area contributed by atoms with E-state index in [9.17, 15) is 0 Å². The summed E-state index contributed by atoms with van der Waals surface area (Å²) >= 11 is 0. The standard InChI is InChI=1S/C12H14N4O/c1-4-10-11(13-5-1)15-8-16-12(10)14-7-9-3-2-6-17-9/h1,4-5,8-9H,2-3,6-7H2,(H,13,14,15,16). The van der Waals surface area contributed by atoms with Crippen molar-refractivity contribution in [1.82, 2.24) is 15.0 Å². The van der Waals surface area contributed by atoms with Crippen LogP contribution in [0.2, 0.25) is 0 Å². The molecule has 17 heavy (non-hydrogen) atoms. The van der Waals surface area contributed by atoms with Crippen molar-refractivity contribution < 1.29 is 4.74 Å². The molecule has 0 aromatic carbocycles. The highest BCUT2D eigenvalue weighted by Crippen LogP contribution is 2.18. The summed E-state index contributed by atoms with van der Waals surface area (Å²) in [6.07, 6.45) is 5.84. The van der Waals surface area contributed by atoms with E-state index < -0.39 is 0 Å². The number of nitrogens with one attached hydrogen (secondary N) is 1. The molecule has 0 spiro atoms. The van der Waals surface area contributed by atoms with Crippen LogP contribution in [-0.2, 0) is 4.74 Å². The second-order valence-electron chi connectivity index (χ2n) is 4.11. The molecule has 0 saturated carbocycles. The highest BCUT2D eigenvalue weighted by Gasteiger charge is 2.15. The number of hydrogen-bond donors (Lipinski definition) is 1. The molecule has 1 unspecified atom stereocenters. The summed E-state index contributed by atoms with van der Waals surface area (Å²) in [4.78, 5) is 12.6. The van der Waals surface area contributed by atoms with Crippen LogP contribution in [0.5, 0.6) is 0 Å². The number of ether oxygens (including phenoxy) is 1. The lowest BCUT2D eigenvalue weighted by molar-refractivity contribution is 0.120. The Morgan fingerprint density at radius 1 is 1.35 bits per heavy atom. The maximum Gasteiger partial charge on any atom is 0.164 e. The van der Waals surface area contributed by atoms with Gasteiger partial charge in [-0.25, -0.2) is 15.0 Å². The molecule has 0 bridgehead atoms. The van der Waals surface area contributed by atoms with Gasteiger partial charge < -0.3 is 10.1 Å². The summed E-state index contributed by atoms with van der Waals surface area (Å²) in [5.74, 6) is 0.832. The quantitative estimate of drug-likeness (QED) is 0.868. The number of anilines is 1. The van der Waals surface area contributed by atoms with Crippen LogP contribution in [0, 0.1) is 0 Å². The first-order valence-electron chi connectivity index (χ1n) is 5.85. The molecular weight excluding hydrogens is 216 g/mol. The first-order chi connectivity index (χ1) is 8.43. The maximum absolute atomic E-state index is 5.57. The van der Waals surface area contributed by atoms with Crippen molar-refractivity contribution in [1.29, 1.82) is 0 Å². The van der Waals surface area contributed by atoms with Crippen molar-refractivity contribution in [3.05, 3.63) is 24.7 Å². The van der Waals surface area contributed by atoms with Crippen molar-refractivity contribution >= 4 is 16.9 Å². The van der Waals surface area contributed by atoms with E-state index in [0.29, 0.717) is 6.10 Å². The molecule has 88 valence electrons. The largest absolute Gasteiger partial charge is 0.376 e. The summed E-state index contributed by atoms with van der Waals surface area (Å²) in [5.41, 5.74) is 0.720. The van der Waals surface area contributed by atoms with E-state index in [1.54, 1.807) is 6.20 Å². The Kier molecular flexibility index (Phi) is 2.83. The normalized spacial score (nSPS) is 19.6. The smallest absolute Gasteiger partial charge is 0.164 e. The van der Waals surface area contributed by atoms with Gasteiger partial charge in [-0.1, -0.05) is 0 Å². The second kappa shape index (κ2) is 4.63. The fraction of sp³-hybridized carbons (Fsp3) is 0.417. The van der Waals surface area contributed by atoms with Crippen molar-refractivity contribution in [2.75, 3.05) is 18.5 Å². The van der Waals surface area contributed by atoms with Crippen LogP contribution >= 0.6 is 0 Å². The summed E-state index contributed by atoms with van der Waals surface area (Å²) in [6.45, 7) is 1.67. The average Bonchev–Trinajstić information content (AvgIpc) is 2.89. The highest BCUT2D eigenvalue weighted by molar-refractivity contribution is 5.85. The van der Waals surface area contributed by atoms with E-state index in [-0.39, 0.29) is 0 Å². The molecule has 3 heterocycles. The minimum Gasteiger partial charge on any atom is -0.376 e. The molecule has 3 rings (SSSR count). The minimum atomic E-state index is 0.302. The van der Waals surface area contributed by atoms with Gasteiger partial charge in [0.25, 0.3) is 0 Å². The zero-order valence-electron chi connectivity index (χ0n) is 9.47. The van der Waals surface area contributed by atoms with Gasteiger partial charge in [-0.15, -0.1) is 0 Å². The van der Waals surface area contributed by atoms with E-state index in [1.807, 2.05) is 12.1 Å². The molecule has 1 N–H and O–H groups in total. The maximum atomic E-state index is 5.57. The number of pyridine rings is 1. The van der Waals surface area contributed by atoms with Gasteiger partial charge in [0.05, 0.1) is 11.5 Å². The molecule has 0 radical (unpaired) electrons. The van der Waals surface area contributed by atoms with Crippen LogP contribution in [0.4, 0.5) is 5.82 Å². The van der Waals surface area contributed by atoms with Crippen molar-refractivity contribution in [2.45, 2.75) is 18.9 Å². The predicted molar refractivity (Wildman–Crippen MR) is 64.8 cm³/mol. The molecule has 1 saturated heterocycles. The number of fused-ring (bicyclic) bond motifs is 1. The van der Waals surface area contributed by atoms with Gasteiger partial charge in [0, 0.05) is 19.3 Å². The summed E-state index contributed by atoms with van der Waals surface area (Å²) in [5, 5.41) is 4.27. The van der Waals surface area contributed by atoms with Crippen LogP contribution in [0.3, 0.4) is 0 Å². The molecule has 1 atom stereocenters. The van der Waals surface area contributed by atoms with Gasteiger partial charge in [-0.05, 0) is 25.0 Å². The molecular formula is C12H14N4O. The second-order valence-corrected chi connectivity index (χ2v) is 4.11. The van der Waals surface area contributed by atoms with Crippen molar-refractivity contribution in [2.24, 2.45) is 0 Å². The van der Waals surface area contributed by atoms with Crippen LogP contribution in [0.15, 0.2) is 24.7 Å². The van der Waals surface area contributed by atoms with Gasteiger partial charge in [-0.3, -0.25) is 0 Å². The van der Waals surface area contributed by atoms with E-state index in [2.05, 4.69) is 20.3 Å². The van der Waals surface area contributed by atoms with Gasteiger partial charge in [0.15, 0.2) is 5.65 Å². The number of hydrogen-bond acceptors (Lipinski definition) is 5. The SMILES string of the molecule is c1cnc2ncnc(NCC3CCCO3)c2c1. The van der Waals surface area contributed by atoms with Gasteiger partial charge in [0.1, 0.15) is 12.1 Å². The van der Waals surface area contributed by atoms with Gasteiger partial charge in [0.2, 0.25) is 0 Å². The molecule has 2 aromatic rings. The highest BCUT2D eigenvalue weighted by atomic mass is 16.5. The lowest BCUT2D eigenvalue weighted by Gasteiger charge is -2.12. The predicted octanol–water partition coefficient (Wildman–Crippen LogP) is 1.62. The third-order valence-electron chi connectivity index (χ3n) is 2.93. The Hall–Kier alpha value is -1.75. The monoisotopic (exact) mass is 230 g/mol. The third kappa shape index (κ3) is 2.19. The molecule has 5 nitrogen and oxygen atoms in total. The lowest BCUT2D eigenvalue weighted by atomic mass is 10.2. The Bertz CT molecular complexity index is 505. The topological polar surface area (TPSA) is 59.9 Å². The fourth-order valence-corrected chi connectivity index (χ4v) is 2.05.